The van der Waals surface area contributed by atoms with Crippen LogP contribution in [0, 0.1) is 0 Å². The third-order valence-electron chi connectivity index (χ3n) is 8.41. The number of aliphatic imine (C=N–C) groups is 2. The van der Waals surface area contributed by atoms with Gasteiger partial charge >= 0.3 is 0 Å². The van der Waals surface area contributed by atoms with Crippen molar-refractivity contribution < 1.29 is 0 Å². The lowest BCUT2D eigenvalue weighted by atomic mass is 9.97. The lowest BCUT2D eigenvalue weighted by Crippen LogP contribution is -1.98. The van der Waals surface area contributed by atoms with Crippen molar-refractivity contribution in [2.24, 2.45) is 9.98 Å². The number of aromatic nitrogens is 2. The van der Waals surface area contributed by atoms with Crippen LogP contribution in [0.25, 0.3) is 50.2 Å². The van der Waals surface area contributed by atoms with Crippen LogP contribution in [-0.2, 0) is 6.42 Å². The average molecular weight is 631 g/mol. The van der Waals surface area contributed by atoms with Crippen LogP contribution in [0.4, 0.5) is 0 Å². The van der Waals surface area contributed by atoms with Gasteiger partial charge in [0.1, 0.15) is 0 Å². The number of allylic oxidation sites excluding steroid dienone is 1. The molecular weight excluding hydrogens is 597 g/mol. The largest absolute Gasteiger partial charge is 0.264 e. The van der Waals surface area contributed by atoms with Gasteiger partial charge in [0, 0.05) is 47.0 Å². The van der Waals surface area contributed by atoms with E-state index >= 15 is 0 Å². The van der Waals surface area contributed by atoms with Crippen LogP contribution in [0.1, 0.15) is 16.7 Å². The summed E-state index contributed by atoms with van der Waals surface area (Å²) < 4.78 is 0. The smallest absolute Gasteiger partial charge is 0.159 e. The van der Waals surface area contributed by atoms with E-state index in [9.17, 15) is 0 Å². The quantitative estimate of drug-likeness (QED) is 0.118. The molecule has 234 valence electrons. The number of hydrogen-bond donors (Lipinski definition) is 0. The van der Waals surface area contributed by atoms with Gasteiger partial charge in [-0.25, -0.2) is 9.98 Å². The summed E-state index contributed by atoms with van der Waals surface area (Å²) in [5.74, 6) is 0.580. The van der Waals surface area contributed by atoms with E-state index in [1.165, 1.54) is 5.56 Å². The summed E-state index contributed by atoms with van der Waals surface area (Å²) in [6.45, 7) is 3.86. The number of nitrogens with zero attached hydrogens (tertiary/aromatic N) is 4. The first-order valence-corrected chi connectivity index (χ1v) is 16.3. The minimum absolute atomic E-state index is 0.580. The fourth-order valence-electron chi connectivity index (χ4n) is 5.89. The third kappa shape index (κ3) is 7.56. The van der Waals surface area contributed by atoms with Crippen LogP contribution in [-0.4, -0.2) is 22.5 Å². The van der Waals surface area contributed by atoms with Crippen LogP contribution < -0.4 is 0 Å². The van der Waals surface area contributed by atoms with Gasteiger partial charge < -0.3 is 0 Å². The number of pyridine rings is 2. The molecule has 0 atom stereocenters. The minimum atomic E-state index is 0.580. The van der Waals surface area contributed by atoms with Crippen LogP contribution in [0.3, 0.4) is 0 Å². The molecule has 0 fully saturated rings. The van der Waals surface area contributed by atoms with Crippen molar-refractivity contribution >= 4 is 18.3 Å². The van der Waals surface area contributed by atoms with Crippen LogP contribution in [0.15, 0.2) is 193 Å². The monoisotopic (exact) mass is 630 g/mol. The second-order valence-electron chi connectivity index (χ2n) is 11.7. The standard InChI is InChI=1S/C45H34N4/c1-46-45(34-12-3-2-4-13-34)49-44(41-20-8-17-38(30-41)37-16-7-19-40(29-37)43-22-10-26-48-32-43)24-23-33-11-5-14-35(27-33)36-15-6-18-39(28-36)42-21-9-25-47-31-42/h2-22,24-32H,1,23H2/b44-24-,49-45?. The maximum Gasteiger partial charge on any atom is 0.159 e. The molecule has 0 aliphatic carbocycles. The van der Waals surface area contributed by atoms with Crippen LogP contribution >= 0.6 is 0 Å². The normalized spacial score (nSPS) is 11.7. The van der Waals surface area contributed by atoms with Crippen molar-refractivity contribution in [2.75, 3.05) is 0 Å². The summed E-state index contributed by atoms with van der Waals surface area (Å²) >= 11 is 0. The molecule has 0 radical (unpaired) electrons. The minimum Gasteiger partial charge on any atom is -0.264 e. The predicted octanol–water partition coefficient (Wildman–Crippen LogP) is 10.9. The van der Waals surface area contributed by atoms with E-state index < -0.39 is 0 Å². The Balaban J connectivity index is 1.24. The van der Waals surface area contributed by atoms with Gasteiger partial charge in [0.15, 0.2) is 5.84 Å². The highest BCUT2D eigenvalue weighted by molar-refractivity contribution is 6.04. The number of benzene rings is 5. The highest BCUT2D eigenvalue weighted by Crippen LogP contribution is 2.30. The maximum atomic E-state index is 5.11. The first kappa shape index (κ1) is 31.1. The average Bonchev–Trinajstić information content (AvgIpc) is 3.19. The SMILES string of the molecule is C=NC(=N/C(=C\Cc1cccc(-c2cccc(-c3cccnc3)c2)c1)c1cccc(-c2cccc(-c3cccnc3)c2)c1)c1ccccc1. The Morgan fingerprint density at radius 1 is 0.490 bits per heavy atom. The molecule has 0 aliphatic heterocycles. The van der Waals surface area contributed by atoms with Crippen molar-refractivity contribution in [1.29, 1.82) is 0 Å². The Morgan fingerprint density at radius 2 is 0.980 bits per heavy atom. The zero-order valence-electron chi connectivity index (χ0n) is 27.0. The summed E-state index contributed by atoms with van der Waals surface area (Å²) in [4.78, 5) is 18.1. The highest BCUT2D eigenvalue weighted by atomic mass is 14.9. The zero-order chi connectivity index (χ0) is 33.3. The first-order valence-electron chi connectivity index (χ1n) is 16.3. The molecule has 0 spiro atoms. The van der Waals surface area contributed by atoms with Crippen molar-refractivity contribution in [3.05, 3.63) is 199 Å². The Bertz CT molecular complexity index is 2260. The summed E-state index contributed by atoms with van der Waals surface area (Å²) in [7, 11) is 0. The van der Waals surface area contributed by atoms with Gasteiger partial charge in [0.25, 0.3) is 0 Å². The second kappa shape index (κ2) is 14.9. The maximum absolute atomic E-state index is 5.11. The number of hydrogen-bond acceptors (Lipinski definition) is 3. The van der Waals surface area contributed by atoms with E-state index in [0.29, 0.717) is 12.3 Å². The zero-order valence-corrected chi connectivity index (χ0v) is 27.0. The molecule has 0 amide bonds. The van der Waals surface area contributed by atoms with Gasteiger partial charge in [0.2, 0.25) is 0 Å². The van der Waals surface area contributed by atoms with E-state index in [4.69, 9.17) is 4.99 Å². The molecule has 0 saturated heterocycles. The molecule has 0 unspecified atom stereocenters. The van der Waals surface area contributed by atoms with Crippen molar-refractivity contribution in [3.63, 3.8) is 0 Å². The van der Waals surface area contributed by atoms with Gasteiger partial charge in [-0.15, -0.1) is 0 Å². The fourth-order valence-corrected chi connectivity index (χ4v) is 5.89. The Hall–Kier alpha value is -6.52. The molecule has 2 heterocycles. The summed E-state index contributed by atoms with van der Waals surface area (Å²) in [6.07, 6.45) is 10.3. The van der Waals surface area contributed by atoms with Crippen molar-refractivity contribution in [1.82, 2.24) is 9.97 Å². The molecule has 5 aromatic carbocycles. The van der Waals surface area contributed by atoms with E-state index in [0.717, 1.165) is 61.3 Å². The van der Waals surface area contributed by atoms with E-state index in [2.05, 4.69) is 137 Å². The number of rotatable bonds is 9. The fraction of sp³-hybridized carbons (Fsp3) is 0.0222. The Morgan fingerprint density at radius 3 is 1.55 bits per heavy atom. The van der Waals surface area contributed by atoms with E-state index in [1.807, 2.05) is 54.9 Å². The van der Waals surface area contributed by atoms with Crippen LogP contribution in [0.2, 0.25) is 0 Å². The molecule has 2 aromatic heterocycles. The van der Waals surface area contributed by atoms with Gasteiger partial charge in [-0.1, -0.05) is 127 Å². The Kier molecular flexibility index (Phi) is 9.47. The topological polar surface area (TPSA) is 50.5 Å². The lowest BCUT2D eigenvalue weighted by Gasteiger charge is -2.11. The summed E-state index contributed by atoms with van der Waals surface area (Å²) in [6, 6.07) is 52.5. The molecule has 49 heavy (non-hydrogen) atoms. The molecule has 7 rings (SSSR count). The van der Waals surface area contributed by atoms with E-state index in [1.54, 1.807) is 12.4 Å². The van der Waals surface area contributed by atoms with Crippen molar-refractivity contribution in [2.45, 2.75) is 6.42 Å². The van der Waals surface area contributed by atoms with Gasteiger partial charge in [-0.3, -0.25) is 9.97 Å². The molecule has 7 aromatic rings. The Labute approximate surface area is 287 Å². The van der Waals surface area contributed by atoms with Gasteiger partial charge in [-0.2, -0.15) is 0 Å². The first-order chi connectivity index (χ1) is 24.2. The third-order valence-corrected chi connectivity index (χ3v) is 8.41. The molecule has 4 nitrogen and oxygen atoms in total. The van der Waals surface area contributed by atoms with Gasteiger partial charge in [0.05, 0.1) is 5.70 Å². The highest BCUT2D eigenvalue weighted by Gasteiger charge is 2.09. The molecular formula is C45H34N4. The van der Waals surface area contributed by atoms with Crippen molar-refractivity contribution in [3.8, 4) is 44.5 Å². The number of amidine groups is 1. The second-order valence-corrected chi connectivity index (χ2v) is 11.7. The van der Waals surface area contributed by atoms with Crippen LogP contribution in [0.5, 0.6) is 0 Å². The molecule has 4 heteroatoms. The molecule has 0 bridgehead atoms. The molecule has 0 N–H and O–H groups in total. The predicted molar refractivity (Wildman–Crippen MR) is 204 cm³/mol. The van der Waals surface area contributed by atoms with E-state index in [-0.39, 0.29) is 0 Å². The molecule has 0 saturated carbocycles. The molecule has 0 aliphatic rings. The summed E-state index contributed by atoms with van der Waals surface area (Å²) in [5, 5.41) is 0. The lowest BCUT2D eigenvalue weighted by molar-refractivity contribution is 1.26. The summed E-state index contributed by atoms with van der Waals surface area (Å²) in [5.41, 5.74) is 12.9. The van der Waals surface area contributed by atoms with Gasteiger partial charge in [-0.05, 0) is 82.4 Å².